The van der Waals surface area contributed by atoms with Crippen molar-refractivity contribution < 1.29 is 18.4 Å². The molecule has 2 aromatic rings. The molecule has 0 unspecified atom stereocenters. The number of carbonyl (C=O) groups is 1. The van der Waals surface area contributed by atoms with Gasteiger partial charge in [0.2, 0.25) is 5.88 Å². The fourth-order valence-electron chi connectivity index (χ4n) is 1.57. The van der Waals surface area contributed by atoms with E-state index in [0.29, 0.717) is 11.3 Å². The van der Waals surface area contributed by atoms with E-state index >= 15 is 0 Å². The van der Waals surface area contributed by atoms with Crippen LogP contribution >= 0.6 is 0 Å². The highest BCUT2D eigenvalue weighted by atomic mass is 19.1. The Bertz CT molecular complexity index is 607. The van der Waals surface area contributed by atoms with Crippen molar-refractivity contribution in [3.63, 3.8) is 0 Å². The highest BCUT2D eigenvalue weighted by Gasteiger charge is 2.16. The number of nitrogens with zero attached hydrogens (tertiary/aromatic N) is 1. The lowest BCUT2D eigenvalue weighted by Gasteiger charge is -2.07. The van der Waals surface area contributed by atoms with Gasteiger partial charge in [0.25, 0.3) is 0 Å². The molecule has 1 aromatic carbocycles. The minimum Gasteiger partial charge on any atom is -0.465 e. The SMILES string of the molecule is COC(=O)c1cc(-c2cc(N)on2)cc(F)c1C. The molecule has 0 saturated carbocycles. The average molecular weight is 250 g/mol. The molecule has 0 aliphatic heterocycles. The molecule has 0 amide bonds. The Morgan fingerprint density at radius 1 is 1.44 bits per heavy atom. The van der Waals surface area contributed by atoms with Crippen molar-refractivity contribution >= 4 is 11.9 Å². The van der Waals surface area contributed by atoms with E-state index in [0.717, 1.165) is 0 Å². The normalized spacial score (nSPS) is 10.4. The van der Waals surface area contributed by atoms with Crippen molar-refractivity contribution in [1.29, 1.82) is 0 Å². The molecule has 2 rings (SSSR count). The molecule has 0 atom stereocenters. The summed E-state index contributed by atoms with van der Waals surface area (Å²) in [5.74, 6) is -1.01. The number of esters is 1. The third-order valence-corrected chi connectivity index (χ3v) is 2.57. The number of ether oxygens (including phenoxy) is 1. The average Bonchev–Trinajstić information content (AvgIpc) is 2.78. The number of hydrogen-bond donors (Lipinski definition) is 1. The van der Waals surface area contributed by atoms with Gasteiger partial charge in [-0.15, -0.1) is 0 Å². The summed E-state index contributed by atoms with van der Waals surface area (Å²) >= 11 is 0. The molecule has 0 fully saturated rings. The fourth-order valence-corrected chi connectivity index (χ4v) is 1.57. The van der Waals surface area contributed by atoms with Gasteiger partial charge in [-0.2, -0.15) is 0 Å². The second-order valence-corrected chi connectivity index (χ2v) is 3.74. The zero-order chi connectivity index (χ0) is 13.3. The van der Waals surface area contributed by atoms with E-state index in [2.05, 4.69) is 9.89 Å². The fraction of sp³-hybridized carbons (Fsp3) is 0.167. The first-order chi connectivity index (χ1) is 8.52. The summed E-state index contributed by atoms with van der Waals surface area (Å²) in [6.07, 6.45) is 0. The molecule has 0 radical (unpaired) electrons. The molecular weight excluding hydrogens is 239 g/mol. The largest absolute Gasteiger partial charge is 0.465 e. The van der Waals surface area contributed by atoms with Gasteiger partial charge in [-0.05, 0) is 24.6 Å². The summed E-state index contributed by atoms with van der Waals surface area (Å²) in [7, 11) is 1.24. The van der Waals surface area contributed by atoms with E-state index in [4.69, 9.17) is 10.3 Å². The van der Waals surface area contributed by atoms with Crippen LogP contribution in [0.1, 0.15) is 15.9 Å². The van der Waals surface area contributed by atoms with Gasteiger partial charge in [-0.1, -0.05) is 5.16 Å². The monoisotopic (exact) mass is 250 g/mol. The number of methoxy groups -OCH3 is 1. The quantitative estimate of drug-likeness (QED) is 0.826. The smallest absolute Gasteiger partial charge is 0.338 e. The van der Waals surface area contributed by atoms with Crippen LogP contribution in [0.15, 0.2) is 22.7 Å². The van der Waals surface area contributed by atoms with Gasteiger partial charge in [0.05, 0.1) is 12.7 Å². The summed E-state index contributed by atoms with van der Waals surface area (Å²) in [4.78, 5) is 11.5. The van der Waals surface area contributed by atoms with E-state index in [1.807, 2.05) is 0 Å². The van der Waals surface area contributed by atoms with Crippen LogP contribution in [0.2, 0.25) is 0 Å². The first kappa shape index (κ1) is 12.1. The summed E-state index contributed by atoms with van der Waals surface area (Å²) in [6, 6.07) is 4.20. The molecule has 0 saturated heterocycles. The van der Waals surface area contributed by atoms with E-state index in [9.17, 15) is 9.18 Å². The maximum atomic E-state index is 13.7. The standard InChI is InChI=1S/C12H11FN2O3/c1-6-8(12(16)17-2)3-7(4-9(6)13)10-5-11(14)18-15-10/h3-5H,14H2,1-2H3. The highest BCUT2D eigenvalue weighted by molar-refractivity contribution is 5.92. The minimum atomic E-state index is -0.607. The van der Waals surface area contributed by atoms with Gasteiger partial charge in [-0.25, -0.2) is 9.18 Å². The molecule has 0 spiro atoms. The zero-order valence-electron chi connectivity index (χ0n) is 9.86. The molecule has 0 aliphatic carbocycles. The molecule has 1 aromatic heterocycles. The van der Waals surface area contributed by atoms with Crippen LogP contribution in [-0.2, 0) is 4.74 Å². The Hall–Kier alpha value is -2.37. The third kappa shape index (κ3) is 2.04. The first-order valence-corrected chi connectivity index (χ1v) is 5.14. The van der Waals surface area contributed by atoms with Crippen LogP contribution in [0.3, 0.4) is 0 Å². The van der Waals surface area contributed by atoms with Crippen LogP contribution in [-0.4, -0.2) is 18.2 Å². The van der Waals surface area contributed by atoms with Crippen LogP contribution in [0.25, 0.3) is 11.3 Å². The number of nitrogens with two attached hydrogens (primary N) is 1. The van der Waals surface area contributed by atoms with Crippen molar-refractivity contribution in [2.24, 2.45) is 0 Å². The van der Waals surface area contributed by atoms with Crippen molar-refractivity contribution in [3.8, 4) is 11.3 Å². The topological polar surface area (TPSA) is 78.4 Å². The minimum absolute atomic E-state index is 0.116. The lowest BCUT2D eigenvalue weighted by atomic mass is 10.0. The predicted molar refractivity (Wildman–Crippen MR) is 62.4 cm³/mol. The van der Waals surface area contributed by atoms with E-state index in [1.54, 1.807) is 0 Å². The number of carbonyl (C=O) groups excluding carboxylic acids is 1. The highest BCUT2D eigenvalue weighted by Crippen LogP contribution is 2.25. The van der Waals surface area contributed by atoms with Crippen molar-refractivity contribution in [2.75, 3.05) is 12.8 Å². The molecule has 2 N–H and O–H groups in total. The Morgan fingerprint density at radius 3 is 2.72 bits per heavy atom. The van der Waals surface area contributed by atoms with Gasteiger partial charge >= 0.3 is 5.97 Å². The first-order valence-electron chi connectivity index (χ1n) is 5.14. The van der Waals surface area contributed by atoms with Crippen LogP contribution in [0.4, 0.5) is 10.3 Å². The molecule has 6 heteroatoms. The maximum absolute atomic E-state index is 13.7. The third-order valence-electron chi connectivity index (χ3n) is 2.57. The van der Waals surface area contributed by atoms with E-state index in [1.165, 1.54) is 32.2 Å². The second kappa shape index (κ2) is 4.48. The van der Waals surface area contributed by atoms with E-state index in [-0.39, 0.29) is 17.0 Å². The van der Waals surface area contributed by atoms with Crippen molar-refractivity contribution in [3.05, 3.63) is 35.1 Å². The maximum Gasteiger partial charge on any atom is 0.338 e. The number of rotatable bonds is 2. The van der Waals surface area contributed by atoms with Gasteiger partial charge in [0, 0.05) is 11.6 Å². The second-order valence-electron chi connectivity index (χ2n) is 3.74. The lowest BCUT2D eigenvalue weighted by molar-refractivity contribution is 0.0599. The molecule has 0 aliphatic rings. The van der Waals surface area contributed by atoms with Crippen LogP contribution < -0.4 is 5.73 Å². The van der Waals surface area contributed by atoms with Crippen LogP contribution in [0, 0.1) is 12.7 Å². The number of hydrogen-bond acceptors (Lipinski definition) is 5. The number of nitrogen functional groups attached to an aromatic ring is 1. The molecule has 5 nitrogen and oxygen atoms in total. The van der Waals surface area contributed by atoms with Gasteiger partial charge in [0.1, 0.15) is 11.5 Å². The predicted octanol–water partition coefficient (Wildman–Crippen LogP) is 2.16. The Labute approximate surface area is 102 Å². The molecule has 1 heterocycles. The van der Waals surface area contributed by atoms with Gasteiger partial charge in [-0.3, -0.25) is 0 Å². The van der Waals surface area contributed by atoms with Crippen molar-refractivity contribution in [1.82, 2.24) is 5.16 Å². The number of anilines is 1. The van der Waals surface area contributed by atoms with Crippen LogP contribution in [0.5, 0.6) is 0 Å². The lowest BCUT2D eigenvalue weighted by Crippen LogP contribution is -2.05. The zero-order valence-corrected chi connectivity index (χ0v) is 9.86. The number of benzene rings is 1. The molecular formula is C12H11FN2O3. The van der Waals surface area contributed by atoms with Crippen molar-refractivity contribution in [2.45, 2.75) is 6.92 Å². The Morgan fingerprint density at radius 2 is 2.17 bits per heavy atom. The summed E-state index contributed by atoms with van der Waals surface area (Å²) < 4.78 is 23.0. The molecule has 18 heavy (non-hydrogen) atoms. The summed E-state index contributed by atoms with van der Waals surface area (Å²) in [6.45, 7) is 1.50. The van der Waals surface area contributed by atoms with Gasteiger partial charge in [0.15, 0.2) is 0 Å². The molecule has 0 bridgehead atoms. The summed E-state index contributed by atoms with van der Waals surface area (Å²) in [5.41, 5.74) is 6.52. The number of aromatic nitrogens is 1. The number of halogens is 1. The summed E-state index contributed by atoms with van der Waals surface area (Å²) in [5, 5.41) is 3.66. The molecule has 94 valence electrons. The Balaban J connectivity index is 2.57. The Kier molecular flexibility index (Phi) is 3.01. The van der Waals surface area contributed by atoms with E-state index < -0.39 is 11.8 Å². The van der Waals surface area contributed by atoms with Gasteiger partial charge < -0.3 is 15.0 Å².